The molecule has 43 heavy (non-hydrogen) atoms. The largest absolute Gasteiger partial charge is 0.403 e. The number of carbonyl (C=O) groups is 1. The Morgan fingerprint density at radius 2 is 2.05 bits per heavy atom. The van der Waals surface area contributed by atoms with Crippen molar-refractivity contribution < 1.29 is 18.7 Å². The van der Waals surface area contributed by atoms with E-state index in [4.69, 9.17) is 17.3 Å². The summed E-state index contributed by atoms with van der Waals surface area (Å²) in [7, 11) is 0. The third-order valence-electron chi connectivity index (χ3n) is 7.32. The normalized spacial score (nSPS) is 19.9. The van der Waals surface area contributed by atoms with Gasteiger partial charge in [-0.3, -0.25) is 23.8 Å². The first-order valence-electron chi connectivity index (χ1n) is 13.6. The van der Waals surface area contributed by atoms with Crippen LogP contribution in [0.5, 0.6) is 0 Å². The fraction of sp³-hybridized carbons (Fsp3) is 0.310. The van der Waals surface area contributed by atoms with Gasteiger partial charge in [0.25, 0.3) is 5.56 Å². The number of alkyl halides is 2. The summed E-state index contributed by atoms with van der Waals surface area (Å²) < 4.78 is 30.1. The molecule has 14 heteroatoms. The summed E-state index contributed by atoms with van der Waals surface area (Å²) >= 11 is 6.36. The summed E-state index contributed by atoms with van der Waals surface area (Å²) in [6.07, 6.45) is 6.93. The number of hydrogen-bond donors (Lipinski definition) is 3. The molecule has 0 spiro atoms. The number of benzene rings is 1. The Hall–Kier alpha value is -4.49. The number of amides is 1. The van der Waals surface area contributed by atoms with E-state index in [9.17, 15) is 23.5 Å². The topological polar surface area (TPSA) is 153 Å². The second kappa shape index (κ2) is 12.8. The van der Waals surface area contributed by atoms with E-state index in [1.807, 2.05) is 0 Å². The van der Waals surface area contributed by atoms with Crippen LogP contribution in [-0.2, 0) is 11.3 Å². The minimum Gasteiger partial charge on any atom is -0.403 e. The van der Waals surface area contributed by atoms with Crippen molar-refractivity contribution in [3.8, 4) is 11.3 Å². The number of nitrogens with zero attached hydrogens (tertiary/aromatic N) is 6. The van der Waals surface area contributed by atoms with E-state index in [1.54, 1.807) is 36.0 Å². The molecule has 4 heterocycles. The first-order chi connectivity index (χ1) is 20.7. The van der Waals surface area contributed by atoms with Crippen LogP contribution in [0.25, 0.3) is 22.2 Å². The Morgan fingerprint density at radius 1 is 1.23 bits per heavy atom. The highest BCUT2D eigenvalue weighted by Gasteiger charge is 2.25. The van der Waals surface area contributed by atoms with Crippen LogP contribution in [0, 0.1) is 5.92 Å². The predicted molar refractivity (Wildman–Crippen MR) is 158 cm³/mol. The van der Waals surface area contributed by atoms with Gasteiger partial charge >= 0.3 is 6.55 Å². The zero-order chi connectivity index (χ0) is 30.7. The fourth-order valence-electron chi connectivity index (χ4n) is 5.24. The van der Waals surface area contributed by atoms with E-state index in [1.165, 1.54) is 29.2 Å². The Balaban J connectivity index is 1.62. The van der Waals surface area contributed by atoms with Crippen LogP contribution in [0.15, 0.2) is 70.7 Å². The third-order valence-corrected chi connectivity index (χ3v) is 7.54. The third kappa shape index (κ3) is 6.32. The minimum absolute atomic E-state index is 0.0529. The van der Waals surface area contributed by atoms with Gasteiger partial charge in [-0.15, -0.1) is 0 Å². The van der Waals surface area contributed by atoms with Crippen molar-refractivity contribution in [1.29, 1.82) is 0 Å². The lowest BCUT2D eigenvalue weighted by Crippen LogP contribution is -2.34. The number of halogens is 3. The van der Waals surface area contributed by atoms with Crippen molar-refractivity contribution in [2.75, 3.05) is 6.61 Å². The molecule has 4 N–H and O–H groups in total. The van der Waals surface area contributed by atoms with Crippen molar-refractivity contribution in [2.24, 2.45) is 16.6 Å². The molecular weight excluding hydrogens is 582 g/mol. The van der Waals surface area contributed by atoms with Gasteiger partial charge in [0.15, 0.2) is 0 Å². The van der Waals surface area contributed by atoms with Gasteiger partial charge < -0.3 is 16.2 Å². The lowest BCUT2D eigenvalue weighted by Gasteiger charge is -2.23. The molecule has 11 nitrogen and oxygen atoms in total. The Morgan fingerprint density at radius 3 is 2.77 bits per heavy atom. The molecule has 1 aliphatic rings. The molecule has 1 aromatic carbocycles. The highest BCUT2D eigenvalue weighted by molar-refractivity contribution is 6.31. The van der Waals surface area contributed by atoms with E-state index in [0.717, 1.165) is 11.6 Å². The van der Waals surface area contributed by atoms with Gasteiger partial charge in [0.2, 0.25) is 5.91 Å². The molecule has 0 fully saturated rings. The predicted octanol–water partition coefficient (Wildman–Crippen LogP) is 3.64. The van der Waals surface area contributed by atoms with Crippen LogP contribution in [0.2, 0.25) is 5.02 Å². The first kappa shape index (κ1) is 30.0. The van der Waals surface area contributed by atoms with Crippen molar-refractivity contribution in [2.45, 2.75) is 45.3 Å². The zero-order valence-corrected chi connectivity index (χ0v) is 23.9. The lowest BCUT2D eigenvalue weighted by molar-refractivity contribution is -0.123. The quantitative estimate of drug-likeness (QED) is 0.292. The molecule has 0 saturated heterocycles. The molecule has 0 aliphatic carbocycles. The molecule has 0 radical (unpaired) electrons. The average molecular weight is 611 g/mol. The number of aliphatic hydroxyl groups is 1. The Labute approximate surface area is 249 Å². The first-order valence-corrected chi connectivity index (χ1v) is 14.0. The number of rotatable bonds is 5. The van der Waals surface area contributed by atoms with E-state index in [0.29, 0.717) is 46.8 Å². The second-order valence-corrected chi connectivity index (χ2v) is 10.6. The molecule has 224 valence electrons. The van der Waals surface area contributed by atoms with Gasteiger partial charge in [-0.05, 0) is 37.1 Å². The number of aromatic nitrogens is 5. The van der Waals surface area contributed by atoms with Gasteiger partial charge in [-0.25, -0.2) is 9.98 Å². The molecule has 0 saturated carbocycles. The summed E-state index contributed by atoms with van der Waals surface area (Å²) in [5, 5.41) is 17.6. The molecule has 2 atom stereocenters. The van der Waals surface area contributed by atoms with E-state index in [-0.39, 0.29) is 41.6 Å². The van der Waals surface area contributed by atoms with Gasteiger partial charge in [-0.1, -0.05) is 24.9 Å². The summed E-state index contributed by atoms with van der Waals surface area (Å²) in [5.74, 6) is -0.859. The molecule has 2 bridgehead atoms. The molecule has 1 aliphatic heterocycles. The number of carbonyl (C=O) groups excluding carboxylic acids is 1. The number of allylic oxidation sites excluding steroid dienone is 1. The SMILES string of the molecule is CC1CCCC(n2cnc(-c3cc(Cl)cc4cnn(CCO)c34)cc2=O)c2cc(ccn2)C(=NC(F)F)C(=CN)NC1=O. The number of aliphatic hydroxyl groups excluding tert-OH is 1. The number of fused-ring (bicyclic) bond motifs is 3. The maximum atomic E-state index is 13.7. The van der Waals surface area contributed by atoms with Crippen molar-refractivity contribution in [3.63, 3.8) is 0 Å². The summed E-state index contributed by atoms with van der Waals surface area (Å²) in [4.78, 5) is 39.0. The van der Waals surface area contributed by atoms with E-state index >= 15 is 0 Å². The maximum Gasteiger partial charge on any atom is 0.332 e. The van der Waals surface area contributed by atoms with Crippen LogP contribution in [0.4, 0.5) is 8.78 Å². The number of nitrogens with one attached hydrogen (secondary N) is 1. The van der Waals surface area contributed by atoms with Crippen LogP contribution < -0.4 is 16.6 Å². The minimum atomic E-state index is -3.06. The van der Waals surface area contributed by atoms with E-state index in [2.05, 4.69) is 25.4 Å². The number of aliphatic imine (C=N–C) groups is 1. The fourth-order valence-corrected chi connectivity index (χ4v) is 5.46. The lowest BCUT2D eigenvalue weighted by atomic mass is 9.96. The highest BCUT2D eigenvalue weighted by atomic mass is 35.5. The van der Waals surface area contributed by atoms with Crippen LogP contribution in [0.3, 0.4) is 0 Å². The summed E-state index contributed by atoms with van der Waals surface area (Å²) in [5.41, 5.74) is 7.37. The molecule has 3 aromatic heterocycles. The van der Waals surface area contributed by atoms with Crippen LogP contribution >= 0.6 is 11.6 Å². The smallest absolute Gasteiger partial charge is 0.332 e. The highest BCUT2D eigenvalue weighted by Crippen LogP contribution is 2.31. The molecular formula is C29H29ClF2N8O3. The maximum absolute atomic E-state index is 13.7. The van der Waals surface area contributed by atoms with Gasteiger partial charge in [0.1, 0.15) is 0 Å². The van der Waals surface area contributed by atoms with Crippen LogP contribution in [0.1, 0.15) is 43.5 Å². The number of pyridine rings is 1. The molecule has 2 unspecified atom stereocenters. The molecule has 5 rings (SSSR count). The average Bonchev–Trinajstić information content (AvgIpc) is 3.38. The van der Waals surface area contributed by atoms with E-state index < -0.39 is 18.5 Å². The van der Waals surface area contributed by atoms with Crippen LogP contribution in [-0.4, -0.2) is 54.2 Å². The zero-order valence-electron chi connectivity index (χ0n) is 23.1. The summed E-state index contributed by atoms with van der Waals surface area (Å²) in [6, 6.07) is 7.23. The van der Waals surface area contributed by atoms with Crippen molar-refractivity contribution in [3.05, 3.63) is 87.6 Å². The van der Waals surface area contributed by atoms with Gasteiger partial charge in [0.05, 0.1) is 60.0 Å². The molecule has 4 aromatic rings. The Bertz CT molecular complexity index is 1790. The van der Waals surface area contributed by atoms with Gasteiger partial charge in [-0.2, -0.15) is 13.9 Å². The summed E-state index contributed by atoms with van der Waals surface area (Å²) in [6.45, 7) is -1.23. The second-order valence-electron chi connectivity index (χ2n) is 10.1. The monoisotopic (exact) mass is 610 g/mol. The molecule has 1 amide bonds. The van der Waals surface area contributed by atoms with Crippen molar-refractivity contribution >= 4 is 34.1 Å². The Kier molecular flexibility index (Phi) is 8.92. The van der Waals surface area contributed by atoms with Crippen molar-refractivity contribution in [1.82, 2.24) is 29.6 Å². The standard InChI is InChI=1S/C29H29ClF2N8O3/c1-16-3-2-4-24(22-10-17(5-6-34-22)26(38-29(31)32)23(13-33)37-28(16)43)39-15-35-21(12-25(39)42)20-11-19(30)9-18-14-36-40(7-8-41)27(18)20/h5-6,9-16,24,29,41H,2-4,7-8,33H2,1H3,(H,37,43). The number of nitrogens with two attached hydrogens (primary N) is 1. The number of hydrogen-bond acceptors (Lipinski definition) is 8. The van der Waals surface area contributed by atoms with Gasteiger partial charge in [0, 0.05) is 45.9 Å².